The molecule has 1 N–H and O–H groups in total. The second-order valence-electron chi connectivity index (χ2n) is 11.4. The van der Waals surface area contributed by atoms with Crippen molar-refractivity contribution in [2.24, 2.45) is 0 Å². The first-order valence-corrected chi connectivity index (χ1v) is 16.8. The second kappa shape index (κ2) is 18.0. The Hall–Kier alpha value is -6.01. The highest BCUT2D eigenvalue weighted by Crippen LogP contribution is 2.44. The SMILES string of the molecule is COc1cc(OC)c2c(=O)c(OCCCCOc3ccc(/C=C/C(=O)Nc4cccc(Cl)c4)cc3OC)c(-c3cc(OC)c(OC)c(OC)c3)oc2c1. The number of methoxy groups -OCH3 is 6. The van der Waals surface area contributed by atoms with E-state index in [9.17, 15) is 9.59 Å². The van der Waals surface area contributed by atoms with Crippen molar-refractivity contribution in [1.82, 2.24) is 0 Å². The molecule has 0 aliphatic heterocycles. The molecule has 53 heavy (non-hydrogen) atoms. The van der Waals surface area contributed by atoms with Gasteiger partial charge in [-0.3, -0.25) is 9.59 Å². The Bertz CT molecular complexity index is 2140. The maximum absolute atomic E-state index is 14.1. The minimum atomic E-state index is -0.424. The predicted molar refractivity (Wildman–Crippen MR) is 203 cm³/mol. The Morgan fingerprint density at radius 2 is 1.42 bits per heavy atom. The number of carbonyl (C=O) groups is 1. The lowest BCUT2D eigenvalue weighted by molar-refractivity contribution is -0.111. The van der Waals surface area contributed by atoms with Gasteiger partial charge in [0.1, 0.15) is 22.5 Å². The molecule has 278 valence electrons. The molecule has 0 aliphatic rings. The number of carbonyl (C=O) groups excluding carboxylic acids is 1. The number of anilines is 1. The van der Waals surface area contributed by atoms with Gasteiger partial charge in [-0.15, -0.1) is 0 Å². The molecule has 0 saturated heterocycles. The number of unbranched alkanes of at least 4 members (excludes halogenated alkanes) is 1. The topological polar surface area (TPSA) is 133 Å². The highest BCUT2D eigenvalue weighted by molar-refractivity contribution is 6.30. The molecule has 0 spiro atoms. The highest BCUT2D eigenvalue weighted by Gasteiger charge is 2.24. The third kappa shape index (κ3) is 9.08. The van der Waals surface area contributed by atoms with Crippen molar-refractivity contribution in [3.63, 3.8) is 0 Å². The van der Waals surface area contributed by atoms with Gasteiger partial charge in [0.05, 0.1) is 55.9 Å². The minimum absolute atomic E-state index is 0.0114. The summed E-state index contributed by atoms with van der Waals surface area (Å²) in [6, 6.07) is 18.8. The van der Waals surface area contributed by atoms with E-state index in [0.717, 1.165) is 5.56 Å². The number of ether oxygens (including phenoxy) is 8. The Morgan fingerprint density at radius 1 is 0.717 bits per heavy atom. The lowest BCUT2D eigenvalue weighted by atomic mass is 10.1. The van der Waals surface area contributed by atoms with Crippen LogP contribution in [-0.2, 0) is 4.79 Å². The van der Waals surface area contributed by atoms with Crippen LogP contribution in [0.15, 0.2) is 82.0 Å². The Balaban J connectivity index is 1.29. The van der Waals surface area contributed by atoms with Gasteiger partial charge in [-0.1, -0.05) is 23.7 Å². The summed E-state index contributed by atoms with van der Waals surface area (Å²) >= 11 is 5.99. The summed E-state index contributed by atoms with van der Waals surface area (Å²) in [6.45, 7) is 0.518. The van der Waals surface area contributed by atoms with E-state index in [2.05, 4.69) is 5.32 Å². The molecule has 0 unspecified atom stereocenters. The molecule has 1 heterocycles. The average molecular weight is 746 g/mol. The maximum Gasteiger partial charge on any atom is 0.248 e. The molecular formula is C40H40ClNO11. The molecule has 0 saturated carbocycles. The largest absolute Gasteiger partial charge is 0.496 e. The van der Waals surface area contributed by atoms with Crippen molar-refractivity contribution in [1.29, 1.82) is 0 Å². The van der Waals surface area contributed by atoms with Crippen LogP contribution in [0.2, 0.25) is 5.02 Å². The minimum Gasteiger partial charge on any atom is -0.496 e. The van der Waals surface area contributed by atoms with E-state index in [0.29, 0.717) is 70.2 Å². The van der Waals surface area contributed by atoms with Crippen LogP contribution in [0.1, 0.15) is 18.4 Å². The molecule has 0 fully saturated rings. The fourth-order valence-corrected chi connectivity index (χ4v) is 5.64. The molecule has 4 aromatic carbocycles. The van der Waals surface area contributed by atoms with Crippen LogP contribution < -0.4 is 48.6 Å². The fourth-order valence-electron chi connectivity index (χ4n) is 5.44. The van der Waals surface area contributed by atoms with Gasteiger partial charge in [0.25, 0.3) is 0 Å². The Morgan fingerprint density at radius 3 is 2.06 bits per heavy atom. The molecule has 0 bridgehead atoms. The van der Waals surface area contributed by atoms with Crippen LogP contribution in [-0.4, -0.2) is 61.8 Å². The number of hydrogen-bond donors (Lipinski definition) is 1. The van der Waals surface area contributed by atoms with Crippen LogP contribution in [0.3, 0.4) is 0 Å². The van der Waals surface area contributed by atoms with E-state index in [1.165, 1.54) is 41.6 Å². The molecule has 0 aliphatic carbocycles. The first kappa shape index (κ1) is 38.2. The zero-order valence-electron chi connectivity index (χ0n) is 30.2. The summed E-state index contributed by atoms with van der Waals surface area (Å²) in [4.78, 5) is 26.4. The van der Waals surface area contributed by atoms with E-state index >= 15 is 0 Å². The number of benzene rings is 4. The number of nitrogens with one attached hydrogen (secondary N) is 1. The predicted octanol–water partition coefficient (Wildman–Crippen LogP) is 8.05. The van der Waals surface area contributed by atoms with Crippen LogP contribution in [0.25, 0.3) is 28.4 Å². The van der Waals surface area contributed by atoms with E-state index in [4.69, 9.17) is 53.9 Å². The smallest absolute Gasteiger partial charge is 0.248 e. The van der Waals surface area contributed by atoms with Crippen molar-refractivity contribution in [2.75, 3.05) is 61.2 Å². The van der Waals surface area contributed by atoms with Crippen molar-refractivity contribution in [3.05, 3.63) is 93.6 Å². The molecule has 5 aromatic rings. The molecule has 12 nitrogen and oxygen atoms in total. The molecule has 0 atom stereocenters. The average Bonchev–Trinajstić information content (AvgIpc) is 3.17. The zero-order valence-corrected chi connectivity index (χ0v) is 31.0. The van der Waals surface area contributed by atoms with Crippen molar-refractivity contribution < 1.29 is 47.1 Å². The van der Waals surface area contributed by atoms with Crippen LogP contribution in [0, 0.1) is 0 Å². The standard InChI is InChI=1S/C40H40ClNO11/c1-45-28-22-31(47-3)36-32(23-28)53-38(25-19-33(48-4)39(50-6)34(20-25)49-5)40(37(36)44)52-17-8-7-16-51-29-14-12-24(18-30(29)46-2)13-15-35(43)42-27-11-9-10-26(41)21-27/h9-15,18-23H,7-8,16-17H2,1-6H3,(H,42,43)/b15-13+. The Kier molecular flexibility index (Phi) is 13.0. The van der Waals surface area contributed by atoms with E-state index in [1.807, 2.05) is 6.07 Å². The second-order valence-corrected chi connectivity index (χ2v) is 11.8. The summed E-state index contributed by atoms with van der Waals surface area (Å²) in [5, 5.41) is 3.50. The Labute approximate surface area is 311 Å². The van der Waals surface area contributed by atoms with Gasteiger partial charge in [0, 0.05) is 34.5 Å². The molecular weight excluding hydrogens is 706 g/mol. The third-order valence-corrected chi connectivity index (χ3v) is 8.26. The van der Waals surface area contributed by atoms with E-state index in [-0.39, 0.29) is 40.7 Å². The van der Waals surface area contributed by atoms with E-state index < -0.39 is 5.43 Å². The van der Waals surface area contributed by atoms with Gasteiger partial charge in [-0.25, -0.2) is 0 Å². The monoisotopic (exact) mass is 745 g/mol. The van der Waals surface area contributed by atoms with Crippen molar-refractivity contribution in [3.8, 4) is 57.3 Å². The molecule has 1 amide bonds. The summed E-state index contributed by atoms with van der Waals surface area (Å²) in [7, 11) is 9.02. The highest BCUT2D eigenvalue weighted by atomic mass is 35.5. The number of hydrogen-bond acceptors (Lipinski definition) is 11. The molecule has 5 rings (SSSR count). The van der Waals surface area contributed by atoms with Gasteiger partial charge >= 0.3 is 0 Å². The first-order valence-electron chi connectivity index (χ1n) is 16.4. The third-order valence-electron chi connectivity index (χ3n) is 8.02. The lowest BCUT2D eigenvalue weighted by Gasteiger charge is -2.17. The van der Waals surface area contributed by atoms with Crippen molar-refractivity contribution in [2.45, 2.75) is 12.8 Å². The number of rotatable bonds is 17. The molecule has 1 aromatic heterocycles. The van der Waals surface area contributed by atoms with Gasteiger partial charge in [-0.2, -0.15) is 0 Å². The number of halogens is 1. The molecule has 13 heteroatoms. The van der Waals surface area contributed by atoms with Crippen LogP contribution >= 0.6 is 11.6 Å². The summed E-state index contributed by atoms with van der Waals surface area (Å²) in [5.41, 5.74) is 1.63. The number of amides is 1. The fraction of sp³-hybridized carbons (Fsp3) is 0.250. The normalized spacial score (nSPS) is 10.9. The molecule has 0 radical (unpaired) electrons. The number of fused-ring (bicyclic) bond motifs is 1. The first-order chi connectivity index (χ1) is 25.7. The van der Waals surface area contributed by atoms with Crippen molar-refractivity contribution >= 4 is 40.2 Å². The lowest BCUT2D eigenvalue weighted by Crippen LogP contribution is -2.13. The summed E-state index contributed by atoms with van der Waals surface area (Å²) in [5.74, 6) is 2.74. The zero-order chi connectivity index (χ0) is 37.9. The van der Waals surface area contributed by atoms with Gasteiger partial charge in [0.2, 0.25) is 22.8 Å². The van der Waals surface area contributed by atoms with Gasteiger partial charge < -0.3 is 47.6 Å². The quantitative estimate of drug-likeness (QED) is 0.0732. The summed E-state index contributed by atoms with van der Waals surface area (Å²) in [6.07, 6.45) is 4.22. The maximum atomic E-state index is 14.1. The van der Waals surface area contributed by atoms with E-state index in [1.54, 1.807) is 73.8 Å². The van der Waals surface area contributed by atoms with Crippen LogP contribution in [0.4, 0.5) is 5.69 Å². The van der Waals surface area contributed by atoms with Gasteiger partial charge in [-0.05, 0) is 66.9 Å². The van der Waals surface area contributed by atoms with Gasteiger partial charge in [0.15, 0.2) is 28.8 Å². The summed E-state index contributed by atoms with van der Waals surface area (Å²) < 4.78 is 51.6. The van der Waals surface area contributed by atoms with Crippen LogP contribution in [0.5, 0.6) is 46.0 Å².